The normalized spacial score (nSPS) is 14.6. The highest BCUT2D eigenvalue weighted by Gasteiger charge is 2.15. The van der Waals surface area contributed by atoms with Gasteiger partial charge in [0.2, 0.25) is 0 Å². The van der Waals surface area contributed by atoms with Crippen molar-refractivity contribution in [3.05, 3.63) is 34.6 Å². The molecule has 0 spiro atoms. The molecule has 0 aliphatic heterocycles. The summed E-state index contributed by atoms with van der Waals surface area (Å²) >= 11 is 7.60. The van der Waals surface area contributed by atoms with Crippen molar-refractivity contribution < 1.29 is 4.39 Å². The maximum atomic E-state index is 13.8. The molecule has 0 aliphatic rings. The summed E-state index contributed by atoms with van der Waals surface area (Å²) in [4.78, 5) is 0. The van der Waals surface area contributed by atoms with Crippen LogP contribution in [0.1, 0.15) is 31.9 Å². The molecule has 96 valence electrons. The summed E-state index contributed by atoms with van der Waals surface area (Å²) in [7, 11) is 1.86. The van der Waals surface area contributed by atoms with Gasteiger partial charge in [-0.05, 0) is 25.6 Å². The molecule has 2 unspecified atom stereocenters. The van der Waals surface area contributed by atoms with Gasteiger partial charge in [-0.1, -0.05) is 31.5 Å². The number of halogens is 2. The maximum absolute atomic E-state index is 13.8. The Morgan fingerprint density at radius 1 is 1.47 bits per heavy atom. The second kappa shape index (κ2) is 7.24. The van der Waals surface area contributed by atoms with Crippen LogP contribution in [-0.4, -0.2) is 18.1 Å². The summed E-state index contributed by atoms with van der Waals surface area (Å²) in [5.74, 6) is 0.631. The number of benzene rings is 1. The van der Waals surface area contributed by atoms with Crippen LogP contribution in [0.15, 0.2) is 18.2 Å². The molecule has 0 amide bonds. The van der Waals surface area contributed by atoms with E-state index in [0.29, 0.717) is 15.8 Å². The molecule has 2 atom stereocenters. The molecule has 17 heavy (non-hydrogen) atoms. The van der Waals surface area contributed by atoms with Gasteiger partial charge in [-0.3, -0.25) is 0 Å². The average Bonchev–Trinajstić information content (AvgIpc) is 2.31. The minimum atomic E-state index is -0.235. The van der Waals surface area contributed by atoms with Crippen molar-refractivity contribution in [3.63, 3.8) is 0 Å². The zero-order chi connectivity index (χ0) is 12.8. The van der Waals surface area contributed by atoms with Crippen LogP contribution in [0.2, 0.25) is 5.02 Å². The van der Waals surface area contributed by atoms with Crippen molar-refractivity contribution in [1.82, 2.24) is 5.32 Å². The van der Waals surface area contributed by atoms with Crippen LogP contribution >= 0.6 is 23.4 Å². The largest absolute Gasteiger partial charge is 0.312 e. The molecule has 0 aromatic heterocycles. The maximum Gasteiger partial charge on any atom is 0.129 e. The van der Waals surface area contributed by atoms with Gasteiger partial charge in [-0.15, -0.1) is 0 Å². The van der Waals surface area contributed by atoms with Crippen LogP contribution in [0, 0.1) is 5.82 Å². The first-order valence-electron chi connectivity index (χ1n) is 5.82. The molecule has 0 saturated carbocycles. The average molecular weight is 276 g/mol. The monoisotopic (exact) mass is 275 g/mol. The summed E-state index contributed by atoms with van der Waals surface area (Å²) in [5.41, 5.74) is 0.688. The minimum absolute atomic E-state index is 0.0336. The van der Waals surface area contributed by atoms with Crippen LogP contribution in [0.25, 0.3) is 0 Å². The van der Waals surface area contributed by atoms with Crippen LogP contribution in [-0.2, 0) is 0 Å². The Kier molecular flexibility index (Phi) is 6.31. The molecule has 0 saturated heterocycles. The molecule has 0 fully saturated rings. The highest BCUT2D eigenvalue weighted by Crippen LogP contribution is 2.25. The Morgan fingerprint density at radius 2 is 2.18 bits per heavy atom. The van der Waals surface area contributed by atoms with E-state index in [9.17, 15) is 4.39 Å². The van der Waals surface area contributed by atoms with E-state index in [-0.39, 0.29) is 11.9 Å². The lowest BCUT2D eigenvalue weighted by Gasteiger charge is -2.19. The summed E-state index contributed by atoms with van der Waals surface area (Å²) < 4.78 is 13.8. The van der Waals surface area contributed by atoms with E-state index >= 15 is 0 Å². The molecule has 1 nitrogen and oxygen atoms in total. The van der Waals surface area contributed by atoms with Gasteiger partial charge >= 0.3 is 0 Å². The standard InChI is InChI=1S/C13H19ClFNS/c1-4-9(2)17-8-13(16-3)11-6-5-10(14)7-12(11)15/h5-7,9,13,16H,4,8H2,1-3H3. The molecule has 4 heteroatoms. The van der Waals surface area contributed by atoms with Gasteiger partial charge in [0.25, 0.3) is 0 Å². The van der Waals surface area contributed by atoms with E-state index in [4.69, 9.17) is 11.6 Å². The molecule has 1 N–H and O–H groups in total. The first-order chi connectivity index (χ1) is 8.08. The minimum Gasteiger partial charge on any atom is -0.312 e. The fourth-order valence-corrected chi connectivity index (χ4v) is 2.75. The van der Waals surface area contributed by atoms with Gasteiger partial charge in [0, 0.05) is 27.6 Å². The third-order valence-electron chi connectivity index (χ3n) is 2.81. The lowest BCUT2D eigenvalue weighted by Crippen LogP contribution is -2.21. The Morgan fingerprint density at radius 3 is 2.71 bits per heavy atom. The first-order valence-corrected chi connectivity index (χ1v) is 7.25. The van der Waals surface area contributed by atoms with Crippen molar-refractivity contribution >= 4 is 23.4 Å². The Labute approximate surface area is 112 Å². The third kappa shape index (κ3) is 4.49. The van der Waals surface area contributed by atoms with E-state index in [2.05, 4.69) is 19.2 Å². The molecule has 0 aliphatic carbocycles. The topological polar surface area (TPSA) is 12.0 Å². The number of rotatable bonds is 6. The molecule has 1 aromatic rings. The Balaban J connectivity index is 2.72. The summed E-state index contributed by atoms with van der Waals surface area (Å²) in [5, 5.41) is 4.19. The van der Waals surface area contributed by atoms with Crippen molar-refractivity contribution in [2.24, 2.45) is 0 Å². The van der Waals surface area contributed by atoms with E-state index < -0.39 is 0 Å². The van der Waals surface area contributed by atoms with Gasteiger partial charge in [-0.25, -0.2) is 4.39 Å². The summed E-state index contributed by atoms with van der Waals surface area (Å²) in [6.07, 6.45) is 1.13. The molecule has 0 radical (unpaired) electrons. The lowest BCUT2D eigenvalue weighted by atomic mass is 10.1. The Hall–Kier alpha value is -0.250. The van der Waals surface area contributed by atoms with E-state index in [1.807, 2.05) is 18.8 Å². The van der Waals surface area contributed by atoms with Gasteiger partial charge in [0.05, 0.1) is 0 Å². The van der Waals surface area contributed by atoms with Crippen LogP contribution in [0.4, 0.5) is 4.39 Å². The molecule has 1 aromatic carbocycles. The first kappa shape index (κ1) is 14.8. The van der Waals surface area contributed by atoms with E-state index in [0.717, 1.165) is 12.2 Å². The van der Waals surface area contributed by atoms with E-state index in [1.165, 1.54) is 6.07 Å². The van der Waals surface area contributed by atoms with E-state index in [1.54, 1.807) is 12.1 Å². The predicted octanol–water partition coefficient (Wildman–Crippen LogP) is 4.27. The zero-order valence-electron chi connectivity index (χ0n) is 10.5. The predicted molar refractivity (Wildman–Crippen MR) is 75.4 cm³/mol. The van der Waals surface area contributed by atoms with Gasteiger partial charge in [-0.2, -0.15) is 11.8 Å². The number of nitrogens with one attached hydrogen (secondary N) is 1. The molecular weight excluding hydrogens is 257 g/mol. The Bertz CT molecular complexity index is 359. The van der Waals surface area contributed by atoms with Crippen LogP contribution < -0.4 is 5.32 Å². The third-order valence-corrected chi connectivity index (χ3v) is 4.47. The van der Waals surface area contributed by atoms with Crippen molar-refractivity contribution in [2.45, 2.75) is 31.6 Å². The van der Waals surface area contributed by atoms with Crippen LogP contribution in [0.5, 0.6) is 0 Å². The van der Waals surface area contributed by atoms with Crippen molar-refractivity contribution in [2.75, 3.05) is 12.8 Å². The second-order valence-electron chi connectivity index (χ2n) is 4.06. The summed E-state index contributed by atoms with van der Waals surface area (Å²) in [6.45, 7) is 4.35. The highest BCUT2D eigenvalue weighted by molar-refractivity contribution is 7.99. The number of hydrogen-bond donors (Lipinski definition) is 1. The fraction of sp³-hybridized carbons (Fsp3) is 0.538. The molecule has 0 heterocycles. The molecule has 0 bridgehead atoms. The summed E-state index contributed by atoms with van der Waals surface area (Å²) in [6, 6.07) is 4.90. The van der Waals surface area contributed by atoms with Gasteiger partial charge < -0.3 is 5.32 Å². The molecular formula is C13H19ClFNS. The SMILES string of the molecule is CCC(C)SCC(NC)c1ccc(Cl)cc1F. The number of hydrogen-bond acceptors (Lipinski definition) is 2. The van der Waals surface area contributed by atoms with Gasteiger partial charge in [0.15, 0.2) is 0 Å². The zero-order valence-corrected chi connectivity index (χ0v) is 12.0. The lowest BCUT2D eigenvalue weighted by molar-refractivity contribution is 0.565. The van der Waals surface area contributed by atoms with Gasteiger partial charge in [0.1, 0.15) is 5.82 Å². The number of thioether (sulfide) groups is 1. The van der Waals surface area contributed by atoms with Crippen molar-refractivity contribution in [1.29, 1.82) is 0 Å². The van der Waals surface area contributed by atoms with Crippen molar-refractivity contribution in [3.8, 4) is 0 Å². The molecule has 1 rings (SSSR count). The smallest absolute Gasteiger partial charge is 0.129 e. The van der Waals surface area contributed by atoms with Crippen LogP contribution in [0.3, 0.4) is 0 Å². The fourth-order valence-electron chi connectivity index (χ4n) is 1.49. The quantitative estimate of drug-likeness (QED) is 0.832. The highest BCUT2D eigenvalue weighted by atomic mass is 35.5. The second-order valence-corrected chi connectivity index (χ2v) is 5.97.